The highest BCUT2D eigenvalue weighted by Gasteiger charge is 2.22. The average molecular weight is 345 g/mol. The molecular weight excluding hydrogens is 324 g/mol. The van der Waals surface area contributed by atoms with E-state index in [-0.39, 0.29) is 5.91 Å². The summed E-state index contributed by atoms with van der Waals surface area (Å²) in [6.45, 7) is 7.01. The van der Waals surface area contributed by atoms with Gasteiger partial charge >= 0.3 is 0 Å². The van der Waals surface area contributed by atoms with Gasteiger partial charge in [0.25, 0.3) is 5.91 Å². The third kappa shape index (κ3) is 3.51. The molecule has 0 spiro atoms. The summed E-state index contributed by atoms with van der Waals surface area (Å²) < 4.78 is 0. The van der Waals surface area contributed by atoms with Crippen LogP contribution in [-0.4, -0.2) is 47.0 Å². The Hall–Kier alpha value is -2.14. The summed E-state index contributed by atoms with van der Waals surface area (Å²) >= 11 is 5.85. The molecule has 126 valence electrons. The molecule has 6 heteroatoms. The molecule has 1 aromatic carbocycles. The van der Waals surface area contributed by atoms with Gasteiger partial charge in [0.1, 0.15) is 0 Å². The molecule has 1 amide bonds. The Morgan fingerprint density at radius 2 is 1.83 bits per heavy atom. The van der Waals surface area contributed by atoms with E-state index in [2.05, 4.69) is 14.9 Å². The van der Waals surface area contributed by atoms with Crippen LogP contribution >= 0.6 is 11.6 Å². The van der Waals surface area contributed by atoms with Crippen LogP contribution in [0.25, 0.3) is 0 Å². The Labute approximate surface area is 147 Å². The van der Waals surface area contributed by atoms with E-state index < -0.39 is 0 Å². The van der Waals surface area contributed by atoms with E-state index in [0.29, 0.717) is 17.5 Å². The Morgan fingerprint density at radius 1 is 1.08 bits per heavy atom. The van der Waals surface area contributed by atoms with E-state index in [1.165, 1.54) is 0 Å². The first-order valence-electron chi connectivity index (χ1n) is 8.14. The summed E-state index contributed by atoms with van der Waals surface area (Å²) in [7, 11) is 0. The number of hydrogen-bond donors (Lipinski definition) is 0. The van der Waals surface area contributed by atoms with Crippen LogP contribution in [0, 0.1) is 13.8 Å². The molecule has 1 aromatic heterocycles. The minimum Gasteiger partial charge on any atom is -0.339 e. The highest BCUT2D eigenvalue weighted by Crippen LogP contribution is 2.18. The molecule has 0 saturated carbocycles. The zero-order valence-corrected chi connectivity index (χ0v) is 14.8. The van der Waals surface area contributed by atoms with Gasteiger partial charge in [-0.05, 0) is 37.5 Å². The zero-order valence-electron chi connectivity index (χ0n) is 14.0. The fraction of sp³-hybridized carbons (Fsp3) is 0.389. The van der Waals surface area contributed by atoms with Crippen LogP contribution in [0.5, 0.6) is 0 Å². The summed E-state index contributed by atoms with van der Waals surface area (Å²) in [6, 6.07) is 5.89. The van der Waals surface area contributed by atoms with Crippen LogP contribution in [0.4, 0.5) is 5.95 Å². The largest absolute Gasteiger partial charge is 0.339 e. The number of halogens is 1. The van der Waals surface area contributed by atoms with Crippen molar-refractivity contribution in [3.63, 3.8) is 0 Å². The molecule has 0 N–H and O–H groups in total. The van der Waals surface area contributed by atoms with E-state index in [9.17, 15) is 4.79 Å². The maximum atomic E-state index is 12.9. The normalized spacial score (nSPS) is 15.3. The summed E-state index contributed by atoms with van der Waals surface area (Å²) in [5, 5.41) is 0.528. The molecule has 0 radical (unpaired) electrons. The van der Waals surface area contributed by atoms with Crippen molar-refractivity contribution in [3.05, 3.63) is 52.3 Å². The van der Waals surface area contributed by atoms with Gasteiger partial charge in [0, 0.05) is 31.7 Å². The molecule has 2 heterocycles. The smallest absolute Gasteiger partial charge is 0.254 e. The van der Waals surface area contributed by atoms with E-state index in [4.69, 9.17) is 11.6 Å². The Bertz CT molecular complexity index is 732. The summed E-state index contributed by atoms with van der Waals surface area (Å²) in [6.07, 6.45) is 4.10. The Balaban J connectivity index is 1.72. The molecule has 1 fully saturated rings. The first-order valence-corrected chi connectivity index (χ1v) is 8.52. The van der Waals surface area contributed by atoms with Gasteiger partial charge in [0.2, 0.25) is 5.95 Å². The quantitative estimate of drug-likeness (QED) is 0.840. The molecule has 0 atom stereocenters. The molecule has 0 bridgehead atoms. The first-order chi connectivity index (χ1) is 11.6. The second-order valence-electron chi connectivity index (χ2n) is 6.08. The lowest BCUT2D eigenvalue weighted by Gasteiger charge is -2.23. The zero-order chi connectivity index (χ0) is 17.1. The summed E-state index contributed by atoms with van der Waals surface area (Å²) in [4.78, 5) is 25.5. The van der Waals surface area contributed by atoms with E-state index >= 15 is 0 Å². The maximum absolute atomic E-state index is 12.9. The predicted octanol–water partition coefficient (Wildman–Crippen LogP) is 3.10. The number of carbonyl (C=O) groups is 1. The van der Waals surface area contributed by atoms with Crippen LogP contribution < -0.4 is 4.90 Å². The number of aromatic nitrogens is 2. The van der Waals surface area contributed by atoms with Gasteiger partial charge in [-0.25, -0.2) is 9.97 Å². The van der Waals surface area contributed by atoms with Crippen molar-refractivity contribution >= 4 is 23.5 Å². The minimum atomic E-state index is 0.107. The van der Waals surface area contributed by atoms with Gasteiger partial charge < -0.3 is 9.80 Å². The maximum Gasteiger partial charge on any atom is 0.254 e. The third-order valence-corrected chi connectivity index (χ3v) is 4.70. The molecule has 5 nitrogen and oxygen atoms in total. The highest BCUT2D eigenvalue weighted by atomic mass is 35.5. The molecule has 3 rings (SSSR count). The van der Waals surface area contributed by atoms with Crippen molar-refractivity contribution in [1.29, 1.82) is 0 Å². The molecule has 1 saturated heterocycles. The molecule has 1 aliphatic heterocycles. The number of aryl methyl sites for hydroxylation is 1. The third-order valence-electron chi connectivity index (χ3n) is 4.51. The van der Waals surface area contributed by atoms with Gasteiger partial charge in [-0.2, -0.15) is 0 Å². The van der Waals surface area contributed by atoms with E-state index in [0.717, 1.165) is 42.7 Å². The van der Waals surface area contributed by atoms with Crippen molar-refractivity contribution in [3.8, 4) is 0 Å². The fourth-order valence-electron chi connectivity index (χ4n) is 2.94. The Morgan fingerprint density at radius 3 is 2.58 bits per heavy atom. The monoisotopic (exact) mass is 344 g/mol. The number of anilines is 1. The standard InChI is InChI=1S/C18H21ClN4O/c1-13-5-3-6-16(14(13)2)17(24)22-7-4-8-23(10-9-22)18-20-11-15(19)12-21-18/h3,5-6,11-12H,4,7-10H2,1-2H3. The molecule has 24 heavy (non-hydrogen) atoms. The van der Waals surface area contributed by atoms with Crippen molar-refractivity contribution in [2.24, 2.45) is 0 Å². The lowest BCUT2D eigenvalue weighted by molar-refractivity contribution is 0.0766. The Kier molecular flexibility index (Phi) is 5.00. The molecule has 1 aliphatic rings. The number of hydrogen-bond acceptors (Lipinski definition) is 4. The number of benzene rings is 1. The topological polar surface area (TPSA) is 49.3 Å². The number of nitrogens with zero attached hydrogens (tertiary/aromatic N) is 4. The van der Waals surface area contributed by atoms with Crippen molar-refractivity contribution in [2.75, 3.05) is 31.1 Å². The van der Waals surface area contributed by atoms with Crippen molar-refractivity contribution in [2.45, 2.75) is 20.3 Å². The number of carbonyl (C=O) groups excluding carboxylic acids is 1. The van der Waals surface area contributed by atoms with Crippen LogP contribution in [-0.2, 0) is 0 Å². The second-order valence-corrected chi connectivity index (χ2v) is 6.52. The minimum absolute atomic E-state index is 0.107. The van der Waals surface area contributed by atoms with Gasteiger partial charge in [-0.15, -0.1) is 0 Å². The molecule has 0 unspecified atom stereocenters. The van der Waals surface area contributed by atoms with Gasteiger partial charge in [0.15, 0.2) is 0 Å². The number of amides is 1. The number of rotatable bonds is 2. The van der Waals surface area contributed by atoms with Crippen LogP contribution in [0.2, 0.25) is 5.02 Å². The average Bonchev–Trinajstić information content (AvgIpc) is 2.84. The van der Waals surface area contributed by atoms with E-state index in [1.54, 1.807) is 12.4 Å². The second kappa shape index (κ2) is 7.18. The highest BCUT2D eigenvalue weighted by molar-refractivity contribution is 6.30. The summed E-state index contributed by atoms with van der Waals surface area (Å²) in [5.41, 5.74) is 3.00. The van der Waals surface area contributed by atoms with Crippen molar-refractivity contribution < 1.29 is 4.79 Å². The lowest BCUT2D eigenvalue weighted by atomic mass is 10.0. The van der Waals surface area contributed by atoms with Crippen molar-refractivity contribution in [1.82, 2.24) is 14.9 Å². The van der Waals surface area contributed by atoms with Gasteiger partial charge in [-0.3, -0.25) is 4.79 Å². The van der Waals surface area contributed by atoms with Crippen LogP contribution in [0.1, 0.15) is 27.9 Å². The molecule has 0 aliphatic carbocycles. The lowest BCUT2D eigenvalue weighted by Crippen LogP contribution is -2.36. The molecule has 2 aromatic rings. The fourth-order valence-corrected chi connectivity index (χ4v) is 3.04. The van der Waals surface area contributed by atoms with Gasteiger partial charge in [-0.1, -0.05) is 23.7 Å². The first kappa shape index (κ1) is 16.7. The van der Waals surface area contributed by atoms with Crippen LogP contribution in [0.15, 0.2) is 30.6 Å². The van der Waals surface area contributed by atoms with Gasteiger partial charge in [0.05, 0.1) is 17.4 Å². The van der Waals surface area contributed by atoms with Crippen LogP contribution in [0.3, 0.4) is 0 Å². The predicted molar refractivity (Wildman–Crippen MR) is 95.7 cm³/mol. The summed E-state index contributed by atoms with van der Waals surface area (Å²) in [5.74, 6) is 0.774. The van der Waals surface area contributed by atoms with E-state index in [1.807, 2.05) is 36.9 Å². The SMILES string of the molecule is Cc1cccc(C(=O)N2CCCN(c3ncc(Cl)cn3)CC2)c1C. The molecular formula is C18H21ClN4O.